The number of hydrogen-bond donors (Lipinski definition) is 3. The van der Waals surface area contributed by atoms with Gasteiger partial charge in [0.05, 0.1) is 28.4 Å². The molecule has 0 atom stereocenters. The van der Waals surface area contributed by atoms with Crippen LogP contribution in [0.5, 0.6) is 0 Å². The number of aryl methyl sites for hydroxylation is 3. The molecule has 11 nitrogen and oxygen atoms in total. The van der Waals surface area contributed by atoms with E-state index in [0.29, 0.717) is 44.0 Å². The Balaban J connectivity index is 0.000000708. The first-order chi connectivity index (χ1) is 18.5. The second kappa shape index (κ2) is 12.9. The van der Waals surface area contributed by atoms with Crippen LogP contribution in [0.25, 0.3) is 0 Å². The van der Waals surface area contributed by atoms with Crippen LogP contribution in [-0.4, -0.2) is 80.5 Å². The zero-order valence-corrected chi connectivity index (χ0v) is 23.0. The van der Waals surface area contributed by atoms with Crippen LogP contribution in [0.15, 0.2) is 35.2 Å². The van der Waals surface area contributed by atoms with Crippen molar-refractivity contribution in [3.8, 4) is 0 Å². The number of hydrogen-bond acceptors (Lipinski definition) is 7. The number of carbonyl (C=O) groups is 3. The maximum Gasteiger partial charge on any atom is 0.490 e. The number of sulfonamides is 1. The number of carboxylic acids is 2. The number of halogens is 3. The van der Waals surface area contributed by atoms with Crippen LogP contribution in [0.1, 0.15) is 34.0 Å². The van der Waals surface area contributed by atoms with Gasteiger partial charge in [-0.15, -0.1) is 0 Å². The summed E-state index contributed by atoms with van der Waals surface area (Å²) < 4.78 is 65.9. The van der Waals surface area contributed by atoms with Gasteiger partial charge in [-0.1, -0.05) is 6.07 Å². The molecular formula is C25H30F3N3O8S. The first kappa shape index (κ1) is 32.2. The number of nitrogens with zero attached hydrogens (tertiary/aromatic N) is 2. The number of piperazine rings is 1. The molecule has 1 heterocycles. The fourth-order valence-corrected chi connectivity index (χ4v) is 5.17. The summed E-state index contributed by atoms with van der Waals surface area (Å²) in [5, 5.41) is 16.6. The van der Waals surface area contributed by atoms with Gasteiger partial charge in [0.1, 0.15) is 0 Å². The van der Waals surface area contributed by atoms with Crippen LogP contribution in [0, 0.1) is 20.8 Å². The highest BCUT2D eigenvalue weighted by atomic mass is 32.2. The maximum absolute atomic E-state index is 13.3. The van der Waals surface area contributed by atoms with Gasteiger partial charge in [0.15, 0.2) is 0 Å². The predicted molar refractivity (Wildman–Crippen MR) is 139 cm³/mol. The molecule has 0 spiro atoms. The largest absolute Gasteiger partial charge is 0.490 e. The number of rotatable bonds is 6. The molecule has 1 amide bonds. The minimum atomic E-state index is -5.08. The molecule has 1 aliphatic heterocycles. The van der Waals surface area contributed by atoms with E-state index in [1.165, 1.54) is 12.1 Å². The van der Waals surface area contributed by atoms with Gasteiger partial charge in [0.2, 0.25) is 0 Å². The van der Waals surface area contributed by atoms with Crippen LogP contribution in [-0.2, 0) is 19.6 Å². The molecule has 0 unspecified atom stereocenters. The summed E-state index contributed by atoms with van der Waals surface area (Å²) in [6.07, 6.45) is -5.47. The highest BCUT2D eigenvalue weighted by Gasteiger charge is 2.38. The van der Waals surface area contributed by atoms with E-state index in [9.17, 15) is 36.3 Å². The van der Waals surface area contributed by atoms with Gasteiger partial charge in [-0.25, -0.2) is 22.8 Å². The van der Waals surface area contributed by atoms with Crippen LogP contribution in [0.2, 0.25) is 0 Å². The molecule has 0 aromatic heterocycles. The third kappa shape index (κ3) is 8.24. The van der Waals surface area contributed by atoms with Crippen LogP contribution in [0.3, 0.4) is 0 Å². The normalized spacial score (nSPS) is 13.7. The van der Waals surface area contributed by atoms with Crippen molar-refractivity contribution in [1.29, 1.82) is 0 Å². The molecule has 1 saturated heterocycles. The minimum absolute atomic E-state index is 0.0292. The Kier molecular flexibility index (Phi) is 10.4. The summed E-state index contributed by atoms with van der Waals surface area (Å²) >= 11 is 0. The summed E-state index contributed by atoms with van der Waals surface area (Å²) in [5.74, 6) is -3.91. The van der Waals surface area contributed by atoms with Crippen molar-refractivity contribution < 1.29 is 50.9 Å². The Morgan fingerprint density at radius 1 is 0.950 bits per heavy atom. The molecule has 0 aliphatic carbocycles. The topological polar surface area (TPSA) is 154 Å². The number of carboxylic acid groups (broad SMARTS) is 2. The molecule has 3 rings (SSSR count). The van der Waals surface area contributed by atoms with Crippen molar-refractivity contribution in [3.63, 3.8) is 0 Å². The van der Waals surface area contributed by atoms with Crippen molar-refractivity contribution in [2.75, 3.05) is 42.4 Å². The lowest BCUT2D eigenvalue weighted by Gasteiger charge is -2.36. The third-order valence-corrected chi connectivity index (χ3v) is 7.46. The lowest BCUT2D eigenvalue weighted by molar-refractivity contribution is -0.192. The molecule has 0 radical (unpaired) electrons. The molecule has 3 N–H and O–H groups in total. The van der Waals surface area contributed by atoms with Gasteiger partial charge >= 0.3 is 24.2 Å². The zero-order chi connectivity index (χ0) is 30.4. The van der Waals surface area contributed by atoms with Crippen molar-refractivity contribution in [3.05, 3.63) is 52.6 Å². The SMILES string of the molecule is CCOC(=O)N1CCN(c2ccc(C(=O)O)cc2NS(=O)(=O)c2cc(C)c(C)cc2C)CC1.O=C(O)C(F)(F)F. The summed E-state index contributed by atoms with van der Waals surface area (Å²) in [5.41, 5.74) is 3.13. The molecule has 220 valence electrons. The monoisotopic (exact) mass is 589 g/mol. The van der Waals surface area contributed by atoms with Crippen molar-refractivity contribution in [1.82, 2.24) is 4.90 Å². The number of amides is 1. The standard InChI is InChI=1S/C23H29N3O6S.C2HF3O2/c1-5-32-23(29)26-10-8-25(9-11-26)20-7-6-18(22(27)28)14-19(20)24-33(30,31)21-13-16(3)15(2)12-17(21)4;3-2(4,5)1(6)7/h6-7,12-14,24H,5,8-11H2,1-4H3,(H,27,28);(H,6,7). The second-order valence-corrected chi connectivity index (χ2v) is 10.5. The van der Waals surface area contributed by atoms with Crippen LogP contribution in [0.4, 0.5) is 29.3 Å². The highest BCUT2D eigenvalue weighted by molar-refractivity contribution is 7.92. The number of aromatic carboxylic acids is 1. The van der Waals surface area contributed by atoms with Gasteiger partial charge < -0.3 is 24.7 Å². The summed E-state index contributed by atoms with van der Waals surface area (Å²) in [6.45, 7) is 9.22. The number of alkyl halides is 3. The zero-order valence-electron chi connectivity index (χ0n) is 22.2. The molecule has 15 heteroatoms. The van der Waals surface area contributed by atoms with Gasteiger partial charge in [-0.05, 0) is 68.7 Å². The molecule has 2 aromatic rings. The Hall–Kier alpha value is -4.01. The Morgan fingerprint density at radius 2 is 1.50 bits per heavy atom. The van der Waals surface area contributed by atoms with E-state index in [2.05, 4.69) is 4.72 Å². The molecule has 1 fully saturated rings. The minimum Gasteiger partial charge on any atom is -0.478 e. The summed E-state index contributed by atoms with van der Waals surface area (Å²) in [4.78, 5) is 36.1. The van der Waals surface area contributed by atoms with Gasteiger partial charge in [-0.3, -0.25) is 4.72 Å². The first-order valence-corrected chi connectivity index (χ1v) is 13.4. The Labute approximate surface area is 229 Å². The lowest BCUT2D eigenvalue weighted by atomic mass is 10.1. The van der Waals surface area contributed by atoms with Gasteiger partial charge in [-0.2, -0.15) is 13.2 Å². The van der Waals surface area contributed by atoms with Crippen molar-refractivity contribution in [2.45, 2.75) is 38.8 Å². The predicted octanol–water partition coefficient (Wildman–Crippen LogP) is 4.02. The highest BCUT2D eigenvalue weighted by Crippen LogP contribution is 2.31. The smallest absolute Gasteiger partial charge is 0.478 e. The summed E-state index contributed by atoms with van der Waals surface area (Å²) in [7, 11) is -3.97. The van der Waals surface area contributed by atoms with E-state index in [-0.39, 0.29) is 22.2 Å². The first-order valence-electron chi connectivity index (χ1n) is 11.9. The molecule has 1 aliphatic rings. The van der Waals surface area contributed by atoms with Crippen molar-refractivity contribution in [2.24, 2.45) is 0 Å². The number of anilines is 2. The Morgan fingerprint density at radius 3 is 2.00 bits per heavy atom. The van der Waals surface area contributed by atoms with E-state index in [1.54, 1.807) is 30.9 Å². The number of aliphatic carboxylic acids is 1. The molecular weight excluding hydrogens is 559 g/mol. The molecule has 0 bridgehead atoms. The van der Waals surface area contributed by atoms with E-state index >= 15 is 0 Å². The summed E-state index contributed by atoms with van der Waals surface area (Å²) in [6, 6.07) is 7.78. The quantitative estimate of drug-likeness (QED) is 0.453. The fraction of sp³-hybridized carbons (Fsp3) is 0.400. The maximum atomic E-state index is 13.3. The van der Waals surface area contributed by atoms with Gasteiger partial charge in [0.25, 0.3) is 10.0 Å². The molecule has 2 aromatic carbocycles. The number of nitrogens with one attached hydrogen (secondary N) is 1. The fourth-order valence-electron chi connectivity index (χ4n) is 3.79. The molecule has 40 heavy (non-hydrogen) atoms. The average molecular weight is 590 g/mol. The second-order valence-electron chi connectivity index (χ2n) is 8.82. The number of benzene rings is 2. The molecule has 0 saturated carbocycles. The Bertz CT molecular complexity index is 1370. The number of carbonyl (C=O) groups excluding carboxylic acids is 1. The van der Waals surface area contributed by atoms with Crippen molar-refractivity contribution >= 4 is 39.4 Å². The third-order valence-electron chi connectivity index (χ3n) is 5.96. The lowest BCUT2D eigenvalue weighted by Crippen LogP contribution is -2.49. The van der Waals surface area contributed by atoms with E-state index in [0.717, 1.165) is 11.1 Å². The van der Waals surface area contributed by atoms with E-state index < -0.39 is 28.1 Å². The van der Waals surface area contributed by atoms with Crippen LogP contribution < -0.4 is 9.62 Å². The van der Waals surface area contributed by atoms with Gasteiger partial charge in [0, 0.05) is 26.2 Å². The van der Waals surface area contributed by atoms with Crippen LogP contribution >= 0.6 is 0 Å². The van der Waals surface area contributed by atoms with E-state index in [4.69, 9.17) is 14.6 Å². The average Bonchev–Trinajstić information content (AvgIpc) is 2.86. The van der Waals surface area contributed by atoms with E-state index in [1.807, 2.05) is 24.8 Å². The number of ether oxygens (including phenoxy) is 1.